The molecule has 0 unspecified atom stereocenters. The fourth-order valence-corrected chi connectivity index (χ4v) is 3.49. The molecule has 0 atom stereocenters. The van der Waals surface area contributed by atoms with E-state index in [9.17, 15) is 4.79 Å². The largest absolute Gasteiger partial charge is 0.346 e. The number of aryl methyl sites for hydroxylation is 1. The molecule has 1 aliphatic rings. The number of carbonyl (C=O) groups is 1. The van der Waals surface area contributed by atoms with Gasteiger partial charge < -0.3 is 9.88 Å². The summed E-state index contributed by atoms with van der Waals surface area (Å²) in [7, 11) is 0. The highest BCUT2D eigenvalue weighted by atomic mass is 32.2. The number of nitrogens with one attached hydrogen (secondary N) is 1. The van der Waals surface area contributed by atoms with E-state index in [4.69, 9.17) is 0 Å². The Labute approximate surface area is 136 Å². The molecule has 2 aromatic heterocycles. The number of aromatic nitrogens is 5. The minimum Gasteiger partial charge on any atom is -0.346 e. The van der Waals surface area contributed by atoms with Crippen molar-refractivity contribution in [2.75, 3.05) is 5.75 Å². The second-order valence-electron chi connectivity index (χ2n) is 5.13. The Morgan fingerprint density at radius 1 is 1.26 bits per heavy atom. The van der Waals surface area contributed by atoms with Crippen LogP contribution in [0.2, 0.25) is 0 Å². The summed E-state index contributed by atoms with van der Waals surface area (Å²) >= 11 is 1.74. The van der Waals surface area contributed by atoms with Crippen molar-refractivity contribution in [1.29, 1.82) is 0 Å². The van der Waals surface area contributed by atoms with Crippen LogP contribution < -0.4 is 5.32 Å². The lowest BCUT2D eigenvalue weighted by atomic mass is 10.1. The number of fused-ring (bicyclic) bond motifs is 1. The molecule has 0 saturated carbocycles. The van der Waals surface area contributed by atoms with E-state index in [-0.39, 0.29) is 5.91 Å². The highest BCUT2D eigenvalue weighted by molar-refractivity contribution is 7.99. The lowest BCUT2D eigenvalue weighted by molar-refractivity contribution is 0.0950. The quantitative estimate of drug-likeness (QED) is 0.786. The van der Waals surface area contributed by atoms with Crippen LogP contribution in [0.3, 0.4) is 0 Å². The lowest BCUT2D eigenvalue weighted by Gasteiger charge is -2.09. The van der Waals surface area contributed by atoms with Gasteiger partial charge >= 0.3 is 0 Å². The summed E-state index contributed by atoms with van der Waals surface area (Å²) < 4.78 is 3.84. The van der Waals surface area contributed by atoms with Crippen LogP contribution in [0.25, 0.3) is 5.69 Å². The van der Waals surface area contributed by atoms with Crippen molar-refractivity contribution in [3.8, 4) is 5.69 Å². The van der Waals surface area contributed by atoms with Gasteiger partial charge in [0.1, 0.15) is 12.7 Å². The Balaban J connectivity index is 1.51. The molecule has 0 radical (unpaired) electrons. The van der Waals surface area contributed by atoms with Crippen LogP contribution in [0.4, 0.5) is 0 Å². The van der Waals surface area contributed by atoms with Crippen molar-refractivity contribution in [3.63, 3.8) is 0 Å². The van der Waals surface area contributed by atoms with E-state index in [1.165, 1.54) is 0 Å². The molecule has 0 bridgehead atoms. The van der Waals surface area contributed by atoms with E-state index >= 15 is 0 Å². The Hall–Kier alpha value is -2.61. The summed E-state index contributed by atoms with van der Waals surface area (Å²) in [4.78, 5) is 17.0. The molecule has 1 aromatic carbocycles. The molecule has 0 spiro atoms. The zero-order valence-corrected chi connectivity index (χ0v) is 13.0. The molecule has 8 heteroatoms. The van der Waals surface area contributed by atoms with Gasteiger partial charge in [0.05, 0.1) is 23.5 Å². The Bertz CT molecular complexity index is 820. The van der Waals surface area contributed by atoms with E-state index in [0.29, 0.717) is 12.1 Å². The van der Waals surface area contributed by atoms with Crippen molar-refractivity contribution in [2.45, 2.75) is 18.2 Å². The molecule has 0 aliphatic carbocycles. The summed E-state index contributed by atoms with van der Waals surface area (Å²) in [6, 6.07) is 7.36. The van der Waals surface area contributed by atoms with Crippen LogP contribution in [-0.4, -0.2) is 36.0 Å². The summed E-state index contributed by atoms with van der Waals surface area (Å²) in [6.07, 6.45) is 5.15. The summed E-state index contributed by atoms with van der Waals surface area (Å²) in [5.41, 5.74) is 2.20. The molecule has 0 saturated heterocycles. The first-order valence-corrected chi connectivity index (χ1v) is 8.21. The number of thioether (sulfide) groups is 1. The molecule has 116 valence electrons. The highest BCUT2D eigenvalue weighted by Crippen LogP contribution is 2.24. The highest BCUT2D eigenvalue weighted by Gasteiger charge is 2.16. The number of amides is 1. The molecule has 0 fully saturated rings. The Kier molecular flexibility index (Phi) is 3.58. The molecular formula is C15H14N6OS. The van der Waals surface area contributed by atoms with E-state index in [0.717, 1.165) is 28.8 Å². The van der Waals surface area contributed by atoms with Crippen molar-refractivity contribution in [2.24, 2.45) is 0 Å². The van der Waals surface area contributed by atoms with Gasteiger partial charge in [-0.05, 0) is 12.1 Å². The molecule has 1 amide bonds. The van der Waals surface area contributed by atoms with Crippen molar-refractivity contribution in [3.05, 3.63) is 54.4 Å². The zero-order valence-electron chi connectivity index (χ0n) is 12.2. The average Bonchev–Trinajstić information content (AvgIpc) is 3.29. The monoisotopic (exact) mass is 326 g/mol. The molecule has 7 nitrogen and oxygen atoms in total. The first-order chi connectivity index (χ1) is 11.3. The summed E-state index contributed by atoms with van der Waals surface area (Å²) in [5, 5.41) is 11.5. The molecule has 4 rings (SSSR count). The topological polar surface area (TPSA) is 77.6 Å². The number of para-hydroxylation sites is 1. The van der Waals surface area contributed by atoms with Crippen LogP contribution in [0.1, 0.15) is 16.1 Å². The van der Waals surface area contributed by atoms with Crippen LogP contribution in [0, 0.1) is 0 Å². The number of nitrogens with zero attached hydrogens (tertiary/aromatic N) is 5. The van der Waals surface area contributed by atoms with Gasteiger partial charge in [-0.25, -0.2) is 4.98 Å². The predicted octanol–water partition coefficient (Wildman–Crippen LogP) is 1.50. The van der Waals surface area contributed by atoms with Gasteiger partial charge in [-0.2, -0.15) is 0 Å². The van der Waals surface area contributed by atoms with E-state index < -0.39 is 0 Å². The SMILES string of the molecule is O=C(NCc1cn2c(n1)SCC2)c1ccccc1-n1cnnc1. The molecule has 23 heavy (non-hydrogen) atoms. The minimum absolute atomic E-state index is 0.143. The van der Waals surface area contributed by atoms with Gasteiger partial charge in [-0.1, -0.05) is 23.9 Å². The normalized spacial score (nSPS) is 13.0. The molecule has 1 N–H and O–H groups in total. The number of benzene rings is 1. The van der Waals surface area contributed by atoms with Gasteiger partial charge in [0.15, 0.2) is 5.16 Å². The van der Waals surface area contributed by atoms with Gasteiger partial charge in [-0.15, -0.1) is 10.2 Å². The van der Waals surface area contributed by atoms with Gasteiger partial charge in [-0.3, -0.25) is 9.36 Å². The maximum atomic E-state index is 12.5. The second-order valence-corrected chi connectivity index (χ2v) is 6.19. The molecular weight excluding hydrogens is 312 g/mol. The number of carbonyl (C=O) groups excluding carboxylic acids is 1. The number of hydrogen-bond acceptors (Lipinski definition) is 5. The van der Waals surface area contributed by atoms with Crippen molar-refractivity contribution in [1.82, 2.24) is 29.6 Å². The van der Waals surface area contributed by atoms with E-state index in [1.54, 1.807) is 35.0 Å². The van der Waals surface area contributed by atoms with E-state index in [2.05, 4.69) is 25.1 Å². The first kappa shape index (κ1) is 14.0. The predicted molar refractivity (Wildman–Crippen MR) is 85.5 cm³/mol. The van der Waals surface area contributed by atoms with E-state index in [1.807, 2.05) is 24.4 Å². The fourth-order valence-electron chi connectivity index (χ4n) is 2.53. The maximum Gasteiger partial charge on any atom is 0.253 e. The fraction of sp³-hybridized carbons (Fsp3) is 0.200. The summed E-state index contributed by atoms with van der Waals surface area (Å²) in [6.45, 7) is 1.40. The van der Waals surface area contributed by atoms with Gasteiger partial charge in [0.25, 0.3) is 5.91 Å². The Morgan fingerprint density at radius 3 is 2.91 bits per heavy atom. The van der Waals surface area contributed by atoms with Crippen LogP contribution in [-0.2, 0) is 13.1 Å². The van der Waals surface area contributed by atoms with Crippen LogP contribution in [0.5, 0.6) is 0 Å². The number of imidazole rings is 1. The molecule has 3 heterocycles. The Morgan fingerprint density at radius 2 is 2.09 bits per heavy atom. The number of hydrogen-bond donors (Lipinski definition) is 1. The minimum atomic E-state index is -0.143. The van der Waals surface area contributed by atoms with Crippen LogP contribution in [0.15, 0.2) is 48.3 Å². The smallest absolute Gasteiger partial charge is 0.253 e. The third-order valence-corrected chi connectivity index (χ3v) is 4.60. The first-order valence-electron chi connectivity index (χ1n) is 7.22. The zero-order chi connectivity index (χ0) is 15.6. The van der Waals surface area contributed by atoms with Gasteiger partial charge in [0.2, 0.25) is 0 Å². The number of rotatable bonds is 4. The lowest BCUT2D eigenvalue weighted by Crippen LogP contribution is -2.24. The molecule has 1 aliphatic heterocycles. The van der Waals surface area contributed by atoms with Crippen molar-refractivity contribution < 1.29 is 4.79 Å². The van der Waals surface area contributed by atoms with Gasteiger partial charge in [0, 0.05) is 18.5 Å². The maximum absolute atomic E-state index is 12.5. The summed E-state index contributed by atoms with van der Waals surface area (Å²) in [5.74, 6) is 0.927. The van der Waals surface area contributed by atoms with Crippen LogP contribution >= 0.6 is 11.8 Å². The third-order valence-electron chi connectivity index (χ3n) is 3.63. The average molecular weight is 326 g/mol. The third kappa shape index (κ3) is 2.72. The van der Waals surface area contributed by atoms with Crippen molar-refractivity contribution >= 4 is 17.7 Å². The second kappa shape index (κ2) is 5.88. The molecule has 3 aromatic rings. The standard InChI is InChI=1S/C15H14N6OS/c22-14(16-7-11-8-20-5-6-23-15(20)19-11)12-3-1-2-4-13(12)21-9-17-18-10-21/h1-4,8-10H,5-7H2,(H,16,22).